The molecule has 0 saturated heterocycles. The normalized spacial score (nSPS) is 6.00. The van der Waals surface area contributed by atoms with E-state index >= 15 is 0 Å². The van der Waals surface area contributed by atoms with Crippen molar-refractivity contribution in [1.29, 1.82) is 0 Å². The van der Waals surface area contributed by atoms with Gasteiger partial charge in [0.25, 0.3) is 0 Å². The Hall–Kier alpha value is -0.900. The van der Waals surface area contributed by atoms with E-state index in [-0.39, 0.29) is 0 Å². The first-order valence-electron chi connectivity index (χ1n) is 1.55. The SMILES string of the molecule is C#COC(=C)C. The molecule has 0 fully saturated rings. The Kier molecular flexibility index (Phi) is 1.99. The third kappa shape index (κ3) is 3.10. The minimum Gasteiger partial charge on any atom is -0.413 e. The van der Waals surface area contributed by atoms with Crippen molar-refractivity contribution < 1.29 is 4.74 Å². The number of allylic oxidation sites excluding steroid dienone is 1. The van der Waals surface area contributed by atoms with Gasteiger partial charge in [0.1, 0.15) is 11.9 Å². The number of ether oxygens (including phenoxy) is 1. The van der Waals surface area contributed by atoms with Crippen molar-refractivity contribution in [2.24, 2.45) is 0 Å². The van der Waals surface area contributed by atoms with Crippen LogP contribution < -0.4 is 0 Å². The lowest BCUT2D eigenvalue weighted by atomic mass is 10.7. The van der Waals surface area contributed by atoms with Gasteiger partial charge in [-0.25, -0.2) is 0 Å². The van der Waals surface area contributed by atoms with Crippen molar-refractivity contribution in [2.45, 2.75) is 6.92 Å². The zero-order valence-electron chi connectivity index (χ0n) is 3.69. The molecule has 0 aliphatic rings. The lowest BCUT2D eigenvalue weighted by Crippen LogP contribution is -1.70. The molecule has 0 saturated carbocycles. The Morgan fingerprint density at radius 3 is 2.50 bits per heavy atom. The Labute approximate surface area is 37.6 Å². The van der Waals surface area contributed by atoms with Gasteiger partial charge in [-0.1, -0.05) is 13.0 Å². The maximum Gasteiger partial charge on any atom is 0.112 e. The third-order valence-electron chi connectivity index (χ3n) is 0.233. The number of hydrogen-bond acceptors (Lipinski definition) is 1. The van der Waals surface area contributed by atoms with E-state index in [4.69, 9.17) is 6.42 Å². The van der Waals surface area contributed by atoms with Crippen LogP contribution in [-0.4, -0.2) is 0 Å². The molecule has 32 valence electrons. The zero-order valence-corrected chi connectivity index (χ0v) is 3.69. The summed E-state index contributed by atoms with van der Waals surface area (Å²) in [5, 5.41) is 0. The Balaban J connectivity index is 3.13. The van der Waals surface area contributed by atoms with Crippen molar-refractivity contribution in [3.63, 3.8) is 0 Å². The first-order chi connectivity index (χ1) is 2.77. The van der Waals surface area contributed by atoms with E-state index in [1.165, 1.54) is 0 Å². The average Bonchev–Trinajstić information content (AvgIpc) is 1.35. The highest BCUT2D eigenvalue weighted by Crippen LogP contribution is 1.83. The van der Waals surface area contributed by atoms with Crippen molar-refractivity contribution in [2.75, 3.05) is 0 Å². The fourth-order valence-electron chi connectivity index (χ4n) is 0.101. The molecule has 0 aliphatic carbocycles. The minimum atomic E-state index is 0.553. The van der Waals surface area contributed by atoms with E-state index in [0.717, 1.165) is 0 Å². The monoisotopic (exact) mass is 82.0 g/mol. The predicted molar refractivity (Wildman–Crippen MR) is 24.7 cm³/mol. The molecule has 0 N–H and O–H groups in total. The van der Waals surface area contributed by atoms with Gasteiger partial charge in [0.15, 0.2) is 0 Å². The van der Waals surface area contributed by atoms with E-state index in [0.29, 0.717) is 5.76 Å². The van der Waals surface area contributed by atoms with Gasteiger partial charge in [-0.2, -0.15) is 0 Å². The first-order valence-corrected chi connectivity index (χ1v) is 1.55. The topological polar surface area (TPSA) is 9.23 Å². The molecule has 0 atom stereocenters. The van der Waals surface area contributed by atoms with Crippen molar-refractivity contribution >= 4 is 0 Å². The van der Waals surface area contributed by atoms with Crippen LogP contribution in [0.2, 0.25) is 0 Å². The number of terminal acetylenes is 1. The summed E-state index contributed by atoms with van der Waals surface area (Å²) in [6, 6.07) is 0. The summed E-state index contributed by atoms with van der Waals surface area (Å²) in [6.45, 7) is 5.07. The summed E-state index contributed by atoms with van der Waals surface area (Å²) >= 11 is 0. The lowest BCUT2D eigenvalue weighted by Gasteiger charge is -1.85. The van der Waals surface area contributed by atoms with Crippen LogP contribution in [0.25, 0.3) is 0 Å². The predicted octanol–water partition coefficient (Wildman–Crippen LogP) is 1.13. The second-order valence-corrected chi connectivity index (χ2v) is 0.922. The van der Waals surface area contributed by atoms with Gasteiger partial charge in [-0.15, -0.1) is 0 Å². The molecule has 0 spiro atoms. The van der Waals surface area contributed by atoms with Crippen LogP contribution in [0.5, 0.6) is 0 Å². The molecule has 0 heterocycles. The molecule has 0 aromatic heterocycles. The molecule has 0 aliphatic heterocycles. The molecule has 1 heteroatoms. The van der Waals surface area contributed by atoms with E-state index < -0.39 is 0 Å². The number of hydrogen-bond donors (Lipinski definition) is 0. The summed E-state index contributed by atoms with van der Waals surface area (Å²) < 4.78 is 4.38. The molecule has 0 bridgehead atoms. The summed E-state index contributed by atoms with van der Waals surface area (Å²) in [4.78, 5) is 0. The largest absolute Gasteiger partial charge is 0.413 e. The smallest absolute Gasteiger partial charge is 0.112 e. The molecular weight excluding hydrogens is 76.1 g/mol. The highest BCUT2D eigenvalue weighted by atomic mass is 16.5. The second-order valence-electron chi connectivity index (χ2n) is 0.922. The highest BCUT2D eigenvalue weighted by Gasteiger charge is 1.70. The molecule has 0 amide bonds. The van der Waals surface area contributed by atoms with Gasteiger partial charge in [-0.3, -0.25) is 0 Å². The fourth-order valence-corrected chi connectivity index (χ4v) is 0.101. The summed E-state index contributed by atoms with van der Waals surface area (Å²) in [6.07, 6.45) is 6.66. The maximum absolute atomic E-state index is 4.70. The minimum absolute atomic E-state index is 0.553. The van der Waals surface area contributed by atoms with E-state index in [9.17, 15) is 0 Å². The molecule has 6 heavy (non-hydrogen) atoms. The van der Waals surface area contributed by atoms with Crippen molar-refractivity contribution in [3.8, 4) is 12.5 Å². The van der Waals surface area contributed by atoms with Crippen LogP contribution in [0.1, 0.15) is 6.92 Å². The van der Waals surface area contributed by atoms with Gasteiger partial charge in [0.05, 0.1) is 0 Å². The van der Waals surface area contributed by atoms with Crippen LogP contribution in [0.4, 0.5) is 0 Å². The number of rotatable bonds is 1. The Bertz CT molecular complexity index is 86.6. The summed E-state index contributed by atoms with van der Waals surface area (Å²) in [5.74, 6) is 0.553. The molecular formula is C5H6O. The zero-order chi connectivity index (χ0) is 4.99. The second kappa shape index (κ2) is 2.34. The van der Waals surface area contributed by atoms with Gasteiger partial charge in [-0.05, 0) is 6.92 Å². The molecule has 0 aromatic carbocycles. The molecule has 1 nitrogen and oxygen atoms in total. The first kappa shape index (κ1) is 5.10. The van der Waals surface area contributed by atoms with E-state index in [2.05, 4.69) is 11.3 Å². The van der Waals surface area contributed by atoms with Gasteiger partial charge < -0.3 is 4.74 Å². The van der Waals surface area contributed by atoms with Crippen LogP contribution in [0.3, 0.4) is 0 Å². The molecule has 0 aromatic rings. The summed E-state index contributed by atoms with van der Waals surface area (Å²) in [5.41, 5.74) is 0. The lowest BCUT2D eigenvalue weighted by molar-refractivity contribution is 0.390. The summed E-state index contributed by atoms with van der Waals surface area (Å²) in [7, 11) is 0. The van der Waals surface area contributed by atoms with E-state index in [1.807, 2.05) is 6.11 Å². The van der Waals surface area contributed by atoms with E-state index in [1.54, 1.807) is 6.92 Å². The quantitative estimate of drug-likeness (QED) is 0.340. The van der Waals surface area contributed by atoms with Gasteiger partial charge in [0, 0.05) is 0 Å². The van der Waals surface area contributed by atoms with Gasteiger partial charge >= 0.3 is 0 Å². The van der Waals surface area contributed by atoms with Crippen LogP contribution in [-0.2, 0) is 4.74 Å². The van der Waals surface area contributed by atoms with Crippen LogP contribution in [0, 0.1) is 12.5 Å². The Morgan fingerprint density at radius 1 is 2.00 bits per heavy atom. The van der Waals surface area contributed by atoms with Crippen molar-refractivity contribution in [3.05, 3.63) is 12.3 Å². The standard InChI is InChI=1S/C5H6O/c1-4-6-5(2)3/h1H,2H2,3H3. The Morgan fingerprint density at radius 2 is 2.50 bits per heavy atom. The molecule has 0 rings (SSSR count). The third-order valence-corrected chi connectivity index (χ3v) is 0.233. The van der Waals surface area contributed by atoms with Crippen molar-refractivity contribution in [1.82, 2.24) is 0 Å². The molecule has 0 unspecified atom stereocenters. The highest BCUT2D eigenvalue weighted by molar-refractivity contribution is 4.83. The van der Waals surface area contributed by atoms with Gasteiger partial charge in [0.2, 0.25) is 0 Å². The van der Waals surface area contributed by atoms with Crippen LogP contribution >= 0.6 is 0 Å². The fraction of sp³-hybridized carbons (Fsp3) is 0.200. The molecule has 0 radical (unpaired) electrons. The average molecular weight is 82.1 g/mol. The maximum atomic E-state index is 4.70. The van der Waals surface area contributed by atoms with Crippen LogP contribution in [0.15, 0.2) is 12.3 Å².